The fourth-order valence-electron chi connectivity index (χ4n) is 1.46. The van der Waals surface area contributed by atoms with Crippen LogP contribution in [0.15, 0.2) is 41.0 Å². The van der Waals surface area contributed by atoms with Crippen molar-refractivity contribution in [3.05, 3.63) is 61.8 Å². The van der Waals surface area contributed by atoms with E-state index in [1.165, 1.54) is 30.5 Å². The Morgan fingerprint density at radius 1 is 1.35 bits per heavy atom. The van der Waals surface area contributed by atoms with Crippen LogP contribution < -0.4 is 5.32 Å². The molecule has 1 N–H and O–H groups in total. The second kappa shape index (κ2) is 5.98. The minimum atomic E-state index is -0.596. The minimum Gasteiger partial charge on any atom is -0.315 e. The van der Waals surface area contributed by atoms with Gasteiger partial charge in [0, 0.05) is 21.8 Å². The molecule has 8 heteroatoms. The molecule has 0 fully saturated rings. The third kappa shape index (κ3) is 3.31. The van der Waals surface area contributed by atoms with Gasteiger partial charge >= 0.3 is 0 Å². The number of benzene rings is 1. The summed E-state index contributed by atoms with van der Waals surface area (Å²) in [6, 6.07) is 7.07. The molecule has 6 nitrogen and oxygen atoms in total. The molecule has 20 heavy (non-hydrogen) atoms. The van der Waals surface area contributed by atoms with Crippen molar-refractivity contribution in [1.29, 1.82) is 0 Å². The van der Waals surface area contributed by atoms with Crippen LogP contribution in [-0.4, -0.2) is 15.8 Å². The highest BCUT2D eigenvalue weighted by Crippen LogP contribution is 2.27. The zero-order valence-corrected chi connectivity index (χ0v) is 12.2. The summed E-state index contributed by atoms with van der Waals surface area (Å²) >= 11 is 8.98. The zero-order chi connectivity index (χ0) is 14.7. The monoisotopic (exact) mass is 355 g/mol. The van der Waals surface area contributed by atoms with E-state index in [9.17, 15) is 14.9 Å². The molecule has 0 aliphatic carbocycles. The smallest absolute Gasteiger partial charge is 0.292 e. The number of anilines is 1. The highest BCUT2D eigenvalue weighted by atomic mass is 79.9. The topological polar surface area (TPSA) is 85.1 Å². The molecule has 1 aromatic heterocycles. The molecule has 102 valence electrons. The molecule has 0 bridgehead atoms. The molecule has 0 saturated heterocycles. The highest BCUT2D eigenvalue weighted by Gasteiger charge is 2.17. The maximum Gasteiger partial charge on any atom is 0.292 e. The van der Waals surface area contributed by atoms with Gasteiger partial charge < -0.3 is 5.32 Å². The summed E-state index contributed by atoms with van der Waals surface area (Å²) in [5, 5.41) is 13.6. The molecule has 0 atom stereocenters. The predicted molar refractivity (Wildman–Crippen MR) is 78.0 cm³/mol. The Morgan fingerprint density at radius 3 is 2.70 bits per heavy atom. The minimum absolute atomic E-state index is 0.0252. The van der Waals surface area contributed by atoms with Crippen molar-refractivity contribution in [2.24, 2.45) is 0 Å². The van der Waals surface area contributed by atoms with Gasteiger partial charge in [0.15, 0.2) is 0 Å². The van der Waals surface area contributed by atoms with Gasteiger partial charge in [0.1, 0.15) is 11.4 Å². The summed E-state index contributed by atoms with van der Waals surface area (Å²) in [7, 11) is 0. The van der Waals surface area contributed by atoms with Crippen LogP contribution in [0.4, 0.5) is 11.4 Å². The number of aromatic nitrogens is 1. The van der Waals surface area contributed by atoms with E-state index in [0.29, 0.717) is 0 Å². The molecule has 1 aromatic carbocycles. The van der Waals surface area contributed by atoms with Crippen molar-refractivity contribution in [2.75, 3.05) is 5.32 Å². The van der Waals surface area contributed by atoms with Crippen molar-refractivity contribution in [2.45, 2.75) is 0 Å². The van der Waals surface area contributed by atoms with E-state index in [0.717, 1.165) is 4.47 Å². The number of pyridine rings is 1. The number of rotatable bonds is 3. The summed E-state index contributed by atoms with van der Waals surface area (Å²) in [5.41, 5.74) is -0.0699. The number of amides is 1. The second-order valence-corrected chi connectivity index (χ2v) is 5.09. The van der Waals surface area contributed by atoms with Crippen LogP contribution in [0.25, 0.3) is 0 Å². The Balaban J connectivity index is 2.29. The number of nitro benzene ring substituents is 1. The Hall–Kier alpha value is -1.99. The number of nitrogens with zero attached hydrogens (tertiary/aromatic N) is 2. The summed E-state index contributed by atoms with van der Waals surface area (Å²) in [4.78, 5) is 26.2. The lowest BCUT2D eigenvalue weighted by molar-refractivity contribution is -0.383. The van der Waals surface area contributed by atoms with Gasteiger partial charge in [0.25, 0.3) is 11.6 Å². The first kappa shape index (κ1) is 14.4. The molecular weight excluding hydrogens is 350 g/mol. The van der Waals surface area contributed by atoms with E-state index in [2.05, 4.69) is 26.2 Å². The molecule has 0 aliphatic rings. The SMILES string of the molecule is O=C(Nc1cc(Cl)ccc1[N+](=O)[O-])c1ccc(Br)cn1. The maximum atomic E-state index is 12.0. The fraction of sp³-hybridized carbons (Fsp3) is 0. The fourth-order valence-corrected chi connectivity index (χ4v) is 1.87. The first-order valence-corrected chi connectivity index (χ1v) is 6.51. The third-order valence-electron chi connectivity index (χ3n) is 2.36. The molecule has 2 aromatic rings. The standard InChI is InChI=1S/C12H7BrClN3O3/c13-7-1-3-9(15-6-7)12(18)16-10-5-8(14)2-4-11(10)17(19)20/h1-6H,(H,16,18). The Kier molecular flexibility index (Phi) is 4.31. The van der Waals surface area contributed by atoms with Crippen LogP contribution in [0.1, 0.15) is 10.5 Å². The highest BCUT2D eigenvalue weighted by molar-refractivity contribution is 9.10. The third-order valence-corrected chi connectivity index (χ3v) is 3.07. The van der Waals surface area contributed by atoms with Crippen LogP contribution in [0.3, 0.4) is 0 Å². The van der Waals surface area contributed by atoms with Crippen molar-refractivity contribution in [3.8, 4) is 0 Å². The van der Waals surface area contributed by atoms with Crippen LogP contribution in [-0.2, 0) is 0 Å². The summed E-state index contributed by atoms with van der Waals surface area (Å²) < 4.78 is 0.725. The van der Waals surface area contributed by atoms with E-state index in [4.69, 9.17) is 11.6 Å². The molecule has 0 spiro atoms. The molecule has 0 radical (unpaired) electrons. The summed E-state index contributed by atoms with van der Waals surface area (Å²) in [6.07, 6.45) is 1.46. The van der Waals surface area contributed by atoms with Gasteiger partial charge in [0.2, 0.25) is 0 Å². The number of hydrogen-bond acceptors (Lipinski definition) is 4. The summed E-state index contributed by atoms with van der Waals surface area (Å²) in [5.74, 6) is -0.553. The van der Waals surface area contributed by atoms with Gasteiger partial charge in [-0.15, -0.1) is 0 Å². The van der Waals surface area contributed by atoms with Crippen molar-refractivity contribution in [1.82, 2.24) is 4.98 Å². The van der Waals surface area contributed by atoms with Crippen LogP contribution >= 0.6 is 27.5 Å². The van der Waals surface area contributed by atoms with Crippen LogP contribution in [0.5, 0.6) is 0 Å². The first-order valence-electron chi connectivity index (χ1n) is 5.34. The maximum absolute atomic E-state index is 12.0. The molecule has 0 unspecified atom stereocenters. The van der Waals surface area contributed by atoms with Gasteiger partial charge in [-0.1, -0.05) is 11.6 Å². The molecule has 1 heterocycles. The number of carbonyl (C=O) groups is 1. The number of hydrogen-bond donors (Lipinski definition) is 1. The molecule has 2 rings (SSSR count). The van der Waals surface area contributed by atoms with E-state index in [1.54, 1.807) is 6.07 Å². The van der Waals surface area contributed by atoms with Gasteiger partial charge in [0.05, 0.1) is 4.92 Å². The van der Waals surface area contributed by atoms with Crippen LogP contribution in [0.2, 0.25) is 5.02 Å². The first-order chi connectivity index (χ1) is 9.47. The summed E-state index contributed by atoms with van der Waals surface area (Å²) in [6.45, 7) is 0. The lowest BCUT2D eigenvalue weighted by Crippen LogP contribution is -2.14. The van der Waals surface area contributed by atoms with Crippen molar-refractivity contribution < 1.29 is 9.72 Å². The lowest BCUT2D eigenvalue weighted by atomic mass is 10.2. The number of carbonyl (C=O) groups excluding carboxylic acids is 1. The van der Waals surface area contributed by atoms with E-state index in [-0.39, 0.29) is 22.1 Å². The van der Waals surface area contributed by atoms with Gasteiger partial charge in [-0.25, -0.2) is 4.98 Å². The normalized spacial score (nSPS) is 10.1. The largest absolute Gasteiger partial charge is 0.315 e. The van der Waals surface area contributed by atoms with E-state index in [1.807, 2.05) is 0 Å². The van der Waals surface area contributed by atoms with Gasteiger partial charge in [-0.05, 0) is 40.2 Å². The second-order valence-electron chi connectivity index (χ2n) is 3.73. The zero-order valence-electron chi connectivity index (χ0n) is 9.84. The number of nitro groups is 1. The van der Waals surface area contributed by atoms with Crippen LogP contribution in [0, 0.1) is 10.1 Å². The number of halogens is 2. The average Bonchev–Trinajstić information content (AvgIpc) is 2.39. The Bertz CT molecular complexity index is 676. The Labute approximate surface area is 127 Å². The van der Waals surface area contributed by atoms with Crippen molar-refractivity contribution in [3.63, 3.8) is 0 Å². The average molecular weight is 357 g/mol. The van der Waals surface area contributed by atoms with E-state index >= 15 is 0 Å². The quantitative estimate of drug-likeness (QED) is 0.672. The Morgan fingerprint density at radius 2 is 2.10 bits per heavy atom. The van der Waals surface area contributed by atoms with E-state index < -0.39 is 10.8 Å². The molecular formula is C12H7BrClN3O3. The van der Waals surface area contributed by atoms with Gasteiger partial charge in [-0.2, -0.15) is 0 Å². The number of nitrogens with one attached hydrogen (secondary N) is 1. The molecule has 0 saturated carbocycles. The lowest BCUT2D eigenvalue weighted by Gasteiger charge is -2.06. The molecule has 0 aliphatic heterocycles. The molecule has 1 amide bonds. The van der Waals surface area contributed by atoms with Crippen molar-refractivity contribution >= 4 is 44.8 Å². The predicted octanol–water partition coefficient (Wildman–Crippen LogP) is 3.66. The van der Waals surface area contributed by atoms with Gasteiger partial charge in [-0.3, -0.25) is 14.9 Å².